The number of piperidine rings is 1. The lowest BCUT2D eigenvalue weighted by molar-refractivity contribution is -0.141. The van der Waals surface area contributed by atoms with Crippen LogP contribution in [0.3, 0.4) is 0 Å². The van der Waals surface area contributed by atoms with E-state index in [0.717, 1.165) is 57.7 Å². The molecule has 0 radical (unpaired) electrons. The van der Waals surface area contributed by atoms with E-state index in [-0.39, 0.29) is 23.3 Å². The monoisotopic (exact) mass is 497 g/mol. The highest BCUT2D eigenvalue weighted by atomic mass is 35.5. The fourth-order valence-corrected chi connectivity index (χ4v) is 5.06. The number of carbonyl (C=O) groups is 2. The van der Waals surface area contributed by atoms with Crippen molar-refractivity contribution in [3.05, 3.63) is 33.8 Å². The normalized spacial score (nSPS) is 20.3. The van der Waals surface area contributed by atoms with Crippen LogP contribution >= 0.6 is 23.2 Å². The third kappa shape index (κ3) is 7.87. The van der Waals surface area contributed by atoms with Crippen molar-refractivity contribution in [3.63, 3.8) is 0 Å². The molecule has 0 aliphatic carbocycles. The first-order valence-electron chi connectivity index (χ1n) is 12.3. The minimum atomic E-state index is -0.00996. The molecule has 2 heterocycles. The first kappa shape index (κ1) is 27.9. The van der Waals surface area contributed by atoms with Crippen LogP contribution in [-0.2, 0) is 16.1 Å². The van der Waals surface area contributed by atoms with Crippen molar-refractivity contribution in [2.45, 2.75) is 73.4 Å². The van der Waals surface area contributed by atoms with Gasteiger partial charge in [0.05, 0.1) is 10.0 Å². The molecule has 0 N–H and O–H groups in total. The van der Waals surface area contributed by atoms with Crippen molar-refractivity contribution in [2.24, 2.45) is 11.3 Å². The summed E-state index contributed by atoms with van der Waals surface area (Å²) >= 11 is 12.2. The van der Waals surface area contributed by atoms with E-state index >= 15 is 0 Å². The Bertz CT molecular complexity index is 801. The molecule has 1 aromatic carbocycles. The molecule has 2 amide bonds. The average molecular weight is 499 g/mol. The number of hydrogen-bond donors (Lipinski definition) is 0. The highest BCUT2D eigenvalue weighted by molar-refractivity contribution is 6.42. The lowest BCUT2D eigenvalue weighted by Crippen LogP contribution is -2.59. The zero-order chi connectivity index (χ0) is 24.8. The molecule has 3 rings (SSSR count). The number of rotatable bonds is 4. The van der Waals surface area contributed by atoms with E-state index in [1.54, 1.807) is 6.92 Å². The molecule has 0 spiro atoms. The molecule has 0 unspecified atom stereocenters. The predicted molar refractivity (Wildman–Crippen MR) is 138 cm³/mol. The van der Waals surface area contributed by atoms with Crippen LogP contribution in [0.4, 0.5) is 0 Å². The maximum atomic E-state index is 13.3. The summed E-state index contributed by atoms with van der Waals surface area (Å²) in [6, 6.07) is 5.96. The second kappa shape index (κ2) is 12.4. The van der Waals surface area contributed by atoms with Gasteiger partial charge in [0.15, 0.2) is 0 Å². The van der Waals surface area contributed by atoms with E-state index in [0.29, 0.717) is 22.4 Å². The molecule has 7 heteroatoms. The molecular weight excluding hydrogens is 457 g/mol. The zero-order valence-corrected chi connectivity index (χ0v) is 22.7. The zero-order valence-electron chi connectivity index (χ0n) is 21.2. The van der Waals surface area contributed by atoms with Gasteiger partial charge in [-0.3, -0.25) is 14.5 Å². The van der Waals surface area contributed by atoms with Gasteiger partial charge in [0.2, 0.25) is 11.8 Å². The topological polar surface area (TPSA) is 43.9 Å². The SMILES string of the molecule is CC.CC(=O)N1CCC(CC(=O)N2CCN(Cc3ccc(Cl)c(Cl)c3)C[C@@H]2C(C)(C)C)CC1. The molecule has 1 aromatic rings. The number of carbonyl (C=O) groups excluding carboxylic acids is 2. The van der Waals surface area contributed by atoms with Crippen molar-refractivity contribution >= 4 is 35.0 Å². The van der Waals surface area contributed by atoms with E-state index in [2.05, 4.69) is 30.6 Å². The van der Waals surface area contributed by atoms with E-state index in [1.165, 1.54) is 0 Å². The lowest BCUT2D eigenvalue weighted by Gasteiger charge is -2.48. The number of piperazine rings is 1. The van der Waals surface area contributed by atoms with Crippen molar-refractivity contribution in [1.29, 1.82) is 0 Å². The molecule has 33 heavy (non-hydrogen) atoms. The summed E-state index contributed by atoms with van der Waals surface area (Å²) < 4.78 is 0. The van der Waals surface area contributed by atoms with Gasteiger partial charge in [0.1, 0.15) is 0 Å². The molecule has 1 atom stereocenters. The second-order valence-corrected chi connectivity index (χ2v) is 10.9. The summed E-state index contributed by atoms with van der Waals surface area (Å²) in [6.45, 7) is 17.0. The van der Waals surface area contributed by atoms with Gasteiger partial charge in [0.25, 0.3) is 0 Å². The first-order valence-corrected chi connectivity index (χ1v) is 13.0. The molecule has 5 nitrogen and oxygen atoms in total. The van der Waals surface area contributed by atoms with Crippen LogP contribution in [0.25, 0.3) is 0 Å². The van der Waals surface area contributed by atoms with Gasteiger partial charge in [-0.25, -0.2) is 0 Å². The Morgan fingerprint density at radius 1 is 1.00 bits per heavy atom. The van der Waals surface area contributed by atoms with Gasteiger partial charge in [-0.05, 0) is 41.9 Å². The number of likely N-dealkylation sites (tertiary alicyclic amines) is 1. The van der Waals surface area contributed by atoms with Gasteiger partial charge in [-0.2, -0.15) is 0 Å². The Kier molecular flexibility index (Phi) is 10.5. The Labute approximate surface area is 210 Å². The highest BCUT2D eigenvalue weighted by Crippen LogP contribution is 2.31. The molecule has 0 saturated carbocycles. The fraction of sp³-hybridized carbons (Fsp3) is 0.692. The van der Waals surface area contributed by atoms with Crippen LogP contribution < -0.4 is 0 Å². The summed E-state index contributed by atoms with van der Waals surface area (Å²) in [5.41, 5.74) is 1.13. The van der Waals surface area contributed by atoms with Crippen molar-refractivity contribution < 1.29 is 9.59 Å². The molecular formula is C26H41Cl2N3O2. The van der Waals surface area contributed by atoms with Crippen LogP contribution in [0.5, 0.6) is 0 Å². The van der Waals surface area contributed by atoms with Crippen LogP contribution in [0.15, 0.2) is 18.2 Å². The third-order valence-corrected chi connectivity index (χ3v) is 7.44. The number of benzene rings is 1. The standard InChI is InChI=1S/C24H35Cl2N3O2.C2H6/c1-17(30)28-9-7-18(8-10-28)14-23(31)29-12-11-27(16-22(29)24(2,3)4)15-19-5-6-20(25)21(26)13-19;1-2/h5-6,13,18,22H,7-12,14-16H2,1-4H3;1-2H3/t22-;/m1./s1. The van der Waals surface area contributed by atoms with Crippen LogP contribution in [0.1, 0.15) is 66.4 Å². The number of halogens is 2. The van der Waals surface area contributed by atoms with Gasteiger partial charge in [-0.1, -0.05) is 63.9 Å². The number of amides is 2. The summed E-state index contributed by atoms with van der Waals surface area (Å²) in [4.78, 5) is 31.2. The quantitative estimate of drug-likeness (QED) is 0.533. The largest absolute Gasteiger partial charge is 0.343 e. The average Bonchev–Trinajstić information content (AvgIpc) is 2.77. The van der Waals surface area contributed by atoms with Crippen LogP contribution in [-0.4, -0.2) is 65.3 Å². The van der Waals surface area contributed by atoms with Gasteiger partial charge in [-0.15, -0.1) is 0 Å². The van der Waals surface area contributed by atoms with Gasteiger partial charge < -0.3 is 9.80 Å². The molecule has 186 valence electrons. The summed E-state index contributed by atoms with van der Waals surface area (Å²) in [7, 11) is 0. The fourth-order valence-electron chi connectivity index (χ4n) is 4.74. The first-order chi connectivity index (χ1) is 15.5. The van der Waals surface area contributed by atoms with E-state index in [4.69, 9.17) is 23.2 Å². The third-order valence-electron chi connectivity index (χ3n) is 6.70. The van der Waals surface area contributed by atoms with E-state index in [9.17, 15) is 9.59 Å². The van der Waals surface area contributed by atoms with Gasteiger partial charge >= 0.3 is 0 Å². The Morgan fingerprint density at radius 3 is 2.18 bits per heavy atom. The molecule has 0 bridgehead atoms. The van der Waals surface area contributed by atoms with E-state index in [1.807, 2.05) is 36.9 Å². The second-order valence-electron chi connectivity index (χ2n) is 10.1. The smallest absolute Gasteiger partial charge is 0.223 e. The van der Waals surface area contributed by atoms with Crippen molar-refractivity contribution in [2.75, 3.05) is 32.7 Å². The van der Waals surface area contributed by atoms with Crippen LogP contribution in [0, 0.1) is 11.3 Å². The minimum Gasteiger partial charge on any atom is -0.343 e. The summed E-state index contributed by atoms with van der Waals surface area (Å²) in [5.74, 6) is 0.768. The number of hydrogen-bond acceptors (Lipinski definition) is 3. The highest BCUT2D eigenvalue weighted by Gasteiger charge is 2.38. The Balaban J connectivity index is 0.00000187. The molecule has 0 aromatic heterocycles. The maximum Gasteiger partial charge on any atom is 0.223 e. The number of nitrogens with zero attached hydrogens (tertiary/aromatic N) is 3. The van der Waals surface area contributed by atoms with Crippen molar-refractivity contribution in [1.82, 2.24) is 14.7 Å². The lowest BCUT2D eigenvalue weighted by atomic mass is 9.83. The van der Waals surface area contributed by atoms with Crippen molar-refractivity contribution in [3.8, 4) is 0 Å². The summed E-state index contributed by atoms with van der Waals surface area (Å²) in [6.07, 6.45) is 2.43. The predicted octanol–water partition coefficient (Wildman–Crippen LogP) is 5.73. The molecule has 2 aliphatic rings. The molecule has 2 saturated heterocycles. The maximum absolute atomic E-state index is 13.3. The Morgan fingerprint density at radius 2 is 1.64 bits per heavy atom. The molecule has 2 aliphatic heterocycles. The summed E-state index contributed by atoms with van der Waals surface area (Å²) in [5, 5.41) is 1.15. The Hall–Kier alpha value is -1.30. The van der Waals surface area contributed by atoms with E-state index < -0.39 is 0 Å². The molecule has 2 fully saturated rings. The minimum absolute atomic E-state index is 0.00996. The van der Waals surface area contributed by atoms with Crippen LogP contribution in [0.2, 0.25) is 10.0 Å². The van der Waals surface area contributed by atoms with Gasteiger partial charge in [0, 0.05) is 58.7 Å².